The number of pyridine rings is 2. The number of benzene rings is 1. The average Bonchev–Trinajstić information content (AvgIpc) is 3.17. The highest BCUT2D eigenvalue weighted by Gasteiger charge is 2.17. The molecule has 0 aliphatic carbocycles. The van der Waals surface area contributed by atoms with Crippen molar-refractivity contribution in [2.45, 2.75) is 26.8 Å². The van der Waals surface area contributed by atoms with E-state index in [0.29, 0.717) is 23.4 Å². The Morgan fingerprint density at radius 1 is 1.06 bits per heavy atom. The van der Waals surface area contributed by atoms with Crippen LogP contribution in [0.2, 0.25) is 0 Å². The fourth-order valence-electron chi connectivity index (χ4n) is 4.06. The van der Waals surface area contributed by atoms with Crippen molar-refractivity contribution in [1.82, 2.24) is 14.5 Å². The molecule has 3 aromatic heterocycles. The van der Waals surface area contributed by atoms with Crippen LogP contribution < -0.4 is 5.73 Å². The number of hydrogen-bond acceptors (Lipinski definition) is 6. The number of carbonyl (C=O) groups excluding carboxylic acids is 2. The summed E-state index contributed by atoms with van der Waals surface area (Å²) in [6, 6.07) is 15.5. The number of allylic oxidation sites excluding steroid dienone is 2. The first-order valence-corrected chi connectivity index (χ1v) is 10.9. The Bertz CT molecular complexity index is 1380. The summed E-state index contributed by atoms with van der Waals surface area (Å²) in [4.78, 5) is 33.0. The van der Waals surface area contributed by atoms with Crippen molar-refractivity contribution in [2.75, 3.05) is 7.11 Å². The topological polar surface area (TPSA) is 100 Å². The maximum Gasteiger partial charge on any atom is 0.309 e. The van der Waals surface area contributed by atoms with E-state index in [0.717, 1.165) is 33.4 Å². The maximum absolute atomic E-state index is 12.2. The van der Waals surface area contributed by atoms with Crippen LogP contribution in [0, 0.1) is 0 Å². The van der Waals surface area contributed by atoms with Gasteiger partial charge < -0.3 is 15.0 Å². The Morgan fingerprint density at radius 2 is 1.82 bits per heavy atom. The predicted molar refractivity (Wildman–Crippen MR) is 132 cm³/mol. The molecule has 4 rings (SSSR count). The number of fused-ring (bicyclic) bond motifs is 1. The van der Waals surface area contributed by atoms with Gasteiger partial charge in [0.25, 0.3) is 0 Å². The largest absolute Gasteiger partial charge is 0.469 e. The predicted octanol–water partition coefficient (Wildman–Crippen LogP) is 4.14. The Balaban J connectivity index is 1.83. The molecule has 0 amide bonds. The zero-order valence-corrected chi connectivity index (χ0v) is 19.4. The SMILES string of the molecule is COC(=O)Cc1ccc(-c2cn(Cc3ccccn3)c3cc(C(C(C)=O)=C(C)N)cnc23)cc1. The first kappa shape index (κ1) is 22.9. The highest BCUT2D eigenvalue weighted by atomic mass is 16.5. The fourth-order valence-corrected chi connectivity index (χ4v) is 4.06. The molecule has 0 aliphatic heterocycles. The van der Waals surface area contributed by atoms with Crippen LogP contribution in [0.3, 0.4) is 0 Å². The lowest BCUT2D eigenvalue weighted by atomic mass is 10.0. The standard InChI is InChI=1S/C27H26N4O3/c1-17(28)26(18(2)32)21-13-24-27(30-14-21)23(16-31(24)15-22-6-4-5-11-29-22)20-9-7-19(8-10-20)12-25(33)34-3/h4-11,13-14,16H,12,15,28H2,1-3H3. The summed E-state index contributed by atoms with van der Waals surface area (Å²) >= 11 is 0. The van der Waals surface area contributed by atoms with Crippen LogP contribution in [-0.2, 0) is 27.3 Å². The van der Waals surface area contributed by atoms with Gasteiger partial charge in [-0.15, -0.1) is 0 Å². The number of nitrogens with two attached hydrogens (primary N) is 1. The van der Waals surface area contributed by atoms with Gasteiger partial charge in [-0.25, -0.2) is 0 Å². The number of hydrogen-bond donors (Lipinski definition) is 1. The number of Topliss-reactive ketones (excluding diaryl/α,β-unsaturated/α-hetero) is 1. The van der Waals surface area contributed by atoms with Gasteiger partial charge in [0.1, 0.15) is 0 Å². The second kappa shape index (κ2) is 9.70. The van der Waals surface area contributed by atoms with E-state index in [4.69, 9.17) is 15.5 Å². The smallest absolute Gasteiger partial charge is 0.309 e. The molecule has 0 saturated heterocycles. The summed E-state index contributed by atoms with van der Waals surface area (Å²) < 4.78 is 6.83. The van der Waals surface area contributed by atoms with Crippen LogP contribution in [-0.4, -0.2) is 33.4 Å². The molecular weight excluding hydrogens is 428 g/mol. The van der Waals surface area contributed by atoms with Crippen molar-refractivity contribution in [3.05, 3.63) is 89.6 Å². The number of methoxy groups -OCH3 is 1. The van der Waals surface area contributed by atoms with E-state index in [1.165, 1.54) is 14.0 Å². The molecule has 1 aromatic carbocycles. The van der Waals surface area contributed by atoms with E-state index in [-0.39, 0.29) is 18.2 Å². The van der Waals surface area contributed by atoms with E-state index in [2.05, 4.69) is 9.55 Å². The van der Waals surface area contributed by atoms with Gasteiger partial charge >= 0.3 is 5.97 Å². The van der Waals surface area contributed by atoms with Crippen molar-refractivity contribution in [1.29, 1.82) is 0 Å². The number of aromatic nitrogens is 3. The lowest BCUT2D eigenvalue weighted by Crippen LogP contribution is -2.06. The average molecular weight is 455 g/mol. The Kier molecular flexibility index (Phi) is 6.54. The van der Waals surface area contributed by atoms with Gasteiger partial charge in [0.05, 0.1) is 36.8 Å². The van der Waals surface area contributed by atoms with Crippen LogP contribution >= 0.6 is 0 Å². The molecule has 0 saturated carbocycles. The van der Waals surface area contributed by atoms with Gasteiger partial charge in [-0.05, 0) is 43.2 Å². The summed E-state index contributed by atoms with van der Waals surface area (Å²) in [6.07, 6.45) is 5.71. The zero-order valence-electron chi connectivity index (χ0n) is 19.4. The molecule has 2 N–H and O–H groups in total. The lowest BCUT2D eigenvalue weighted by molar-refractivity contribution is -0.139. The second-order valence-electron chi connectivity index (χ2n) is 8.15. The molecule has 0 fully saturated rings. The minimum absolute atomic E-state index is 0.106. The van der Waals surface area contributed by atoms with E-state index >= 15 is 0 Å². The van der Waals surface area contributed by atoms with Crippen molar-refractivity contribution in [3.8, 4) is 11.1 Å². The summed E-state index contributed by atoms with van der Waals surface area (Å²) in [5.41, 5.74) is 13.0. The molecule has 7 nitrogen and oxygen atoms in total. The summed E-state index contributed by atoms with van der Waals surface area (Å²) in [7, 11) is 1.38. The van der Waals surface area contributed by atoms with E-state index in [1.54, 1.807) is 19.3 Å². The molecule has 0 spiro atoms. The van der Waals surface area contributed by atoms with Crippen LogP contribution in [0.15, 0.2) is 72.8 Å². The second-order valence-corrected chi connectivity index (χ2v) is 8.15. The van der Waals surface area contributed by atoms with Crippen molar-refractivity contribution in [3.63, 3.8) is 0 Å². The van der Waals surface area contributed by atoms with E-state index in [1.807, 2.05) is 54.7 Å². The van der Waals surface area contributed by atoms with Gasteiger partial charge in [-0.1, -0.05) is 30.3 Å². The minimum atomic E-state index is -0.279. The number of rotatable bonds is 7. The number of carbonyl (C=O) groups is 2. The van der Waals surface area contributed by atoms with Gasteiger partial charge in [-0.2, -0.15) is 0 Å². The molecular formula is C27H26N4O3. The number of ether oxygens (including phenoxy) is 1. The maximum atomic E-state index is 12.2. The normalized spacial score (nSPS) is 11.9. The molecule has 7 heteroatoms. The van der Waals surface area contributed by atoms with Crippen LogP contribution in [0.5, 0.6) is 0 Å². The number of esters is 1. The van der Waals surface area contributed by atoms with E-state index in [9.17, 15) is 9.59 Å². The van der Waals surface area contributed by atoms with Crippen molar-refractivity contribution >= 4 is 28.4 Å². The fraction of sp³-hybridized carbons (Fsp3) is 0.185. The third kappa shape index (κ3) is 4.73. The van der Waals surface area contributed by atoms with Crippen molar-refractivity contribution < 1.29 is 14.3 Å². The molecule has 0 bridgehead atoms. The molecule has 172 valence electrons. The Morgan fingerprint density at radius 3 is 2.44 bits per heavy atom. The molecule has 0 aliphatic rings. The number of ketones is 1. The highest BCUT2D eigenvalue weighted by Crippen LogP contribution is 2.32. The quantitative estimate of drug-likeness (QED) is 0.333. The molecule has 0 radical (unpaired) electrons. The first-order chi connectivity index (χ1) is 16.4. The summed E-state index contributed by atoms with van der Waals surface area (Å²) in [5, 5.41) is 0. The first-order valence-electron chi connectivity index (χ1n) is 10.9. The third-order valence-electron chi connectivity index (χ3n) is 5.65. The lowest BCUT2D eigenvalue weighted by Gasteiger charge is -2.09. The molecule has 3 heterocycles. The highest BCUT2D eigenvalue weighted by molar-refractivity contribution is 6.20. The van der Waals surface area contributed by atoms with Crippen molar-refractivity contribution in [2.24, 2.45) is 5.73 Å². The number of nitrogens with zero attached hydrogens (tertiary/aromatic N) is 3. The van der Waals surface area contributed by atoms with Crippen LogP contribution in [0.1, 0.15) is 30.7 Å². The van der Waals surface area contributed by atoms with Gasteiger partial charge in [-0.3, -0.25) is 19.6 Å². The minimum Gasteiger partial charge on any atom is -0.469 e. The molecule has 0 atom stereocenters. The van der Waals surface area contributed by atoms with Gasteiger partial charge in [0.2, 0.25) is 0 Å². The van der Waals surface area contributed by atoms with Gasteiger partial charge in [0.15, 0.2) is 5.78 Å². The van der Waals surface area contributed by atoms with E-state index < -0.39 is 0 Å². The molecule has 34 heavy (non-hydrogen) atoms. The zero-order chi connectivity index (χ0) is 24.2. The summed E-state index contributed by atoms with van der Waals surface area (Å²) in [5.74, 6) is -0.385. The van der Waals surface area contributed by atoms with Crippen LogP contribution in [0.25, 0.3) is 27.7 Å². The summed E-state index contributed by atoms with van der Waals surface area (Å²) in [6.45, 7) is 3.77. The Hall–Kier alpha value is -4.26. The van der Waals surface area contributed by atoms with Crippen LogP contribution in [0.4, 0.5) is 0 Å². The Labute approximate surface area is 197 Å². The van der Waals surface area contributed by atoms with Gasteiger partial charge in [0, 0.05) is 41.0 Å². The molecule has 4 aromatic rings. The third-order valence-corrected chi connectivity index (χ3v) is 5.65. The molecule has 0 unspecified atom stereocenters. The monoisotopic (exact) mass is 454 g/mol.